The number of rotatable bonds is 7. The lowest BCUT2D eigenvalue weighted by Gasteiger charge is -2.43. The highest BCUT2D eigenvalue weighted by atomic mass is 35.5. The molecule has 0 bridgehead atoms. The molecule has 0 spiro atoms. The Kier molecular flexibility index (Phi) is 9.47. The third-order valence-electron chi connectivity index (χ3n) is 9.73. The first kappa shape index (κ1) is 35.4. The van der Waals surface area contributed by atoms with Crippen molar-refractivity contribution in [1.82, 2.24) is 10.2 Å². The Labute approximate surface area is 281 Å². The SMILES string of the molecule is CCN1C(=O)CC(NC2CC(OC3C[C@](O)(C(C)=O)Cc4c(O)c5c(c(O)c43)C(=O)c3c(OC)cccc3C5=O)OC(C)C2O)C1=O.Cl. The number of nitrogens with zero attached hydrogens (tertiary/aromatic N) is 1. The number of likely N-dealkylation sites (N-methyl/N-ethyl adjacent to an activating group) is 1. The van der Waals surface area contributed by atoms with Gasteiger partial charge in [-0.1, -0.05) is 12.1 Å². The number of aromatic hydroxyl groups is 2. The summed E-state index contributed by atoms with van der Waals surface area (Å²) in [5.41, 5.74) is -3.41. The minimum atomic E-state index is -2.09. The van der Waals surface area contributed by atoms with Crippen molar-refractivity contribution in [2.75, 3.05) is 13.7 Å². The Balaban J connectivity index is 0.00000451. The number of amides is 2. The molecule has 4 aliphatic rings. The Morgan fingerprint density at radius 3 is 2.42 bits per heavy atom. The summed E-state index contributed by atoms with van der Waals surface area (Å²) in [6.45, 7) is 4.62. The predicted molar refractivity (Wildman–Crippen MR) is 167 cm³/mol. The molecule has 2 aromatic rings. The number of ether oxygens (including phenoxy) is 3. The number of benzene rings is 2. The van der Waals surface area contributed by atoms with Crippen LogP contribution in [0.5, 0.6) is 17.2 Å². The number of fused-ring (bicyclic) bond motifs is 3. The quantitative estimate of drug-likeness (QED) is 0.175. The van der Waals surface area contributed by atoms with Crippen molar-refractivity contribution in [3.63, 3.8) is 0 Å². The number of aliphatic hydroxyl groups is 2. The molecule has 2 aliphatic carbocycles. The number of hydrogen-bond donors (Lipinski definition) is 5. The molecular formula is C33H37ClN2O12. The van der Waals surface area contributed by atoms with Crippen molar-refractivity contribution in [3.8, 4) is 17.2 Å². The fourth-order valence-corrected chi connectivity index (χ4v) is 7.19. The number of imide groups is 1. The molecule has 5 N–H and O–H groups in total. The smallest absolute Gasteiger partial charge is 0.246 e. The number of carbonyl (C=O) groups is 5. The van der Waals surface area contributed by atoms with Gasteiger partial charge >= 0.3 is 0 Å². The average Bonchev–Trinajstić information content (AvgIpc) is 3.30. The molecule has 0 aromatic heterocycles. The van der Waals surface area contributed by atoms with Crippen LogP contribution in [0.3, 0.4) is 0 Å². The molecule has 6 unspecified atom stereocenters. The Morgan fingerprint density at radius 1 is 1.10 bits per heavy atom. The van der Waals surface area contributed by atoms with Crippen LogP contribution < -0.4 is 10.1 Å². The zero-order valence-corrected chi connectivity index (χ0v) is 27.5. The van der Waals surface area contributed by atoms with E-state index in [4.69, 9.17) is 14.2 Å². The van der Waals surface area contributed by atoms with Gasteiger partial charge in [0.2, 0.25) is 17.6 Å². The summed E-state index contributed by atoms with van der Waals surface area (Å²) < 4.78 is 17.5. The zero-order chi connectivity index (χ0) is 34.1. The Hall–Kier alpha value is -3.92. The van der Waals surface area contributed by atoms with Crippen molar-refractivity contribution in [2.24, 2.45) is 0 Å². The lowest BCUT2D eigenvalue weighted by molar-refractivity contribution is -0.250. The average molecular weight is 689 g/mol. The topological polar surface area (TPSA) is 209 Å². The molecule has 48 heavy (non-hydrogen) atoms. The number of Topliss-reactive ketones (excluding diaryl/α,β-unsaturated/α-hetero) is 1. The van der Waals surface area contributed by atoms with E-state index >= 15 is 0 Å². The van der Waals surface area contributed by atoms with Crippen LogP contribution in [0.1, 0.15) is 89.1 Å². The van der Waals surface area contributed by atoms with Crippen LogP contribution in [-0.4, -0.2) is 104 Å². The Morgan fingerprint density at radius 2 is 1.79 bits per heavy atom. The van der Waals surface area contributed by atoms with Crippen molar-refractivity contribution < 1.29 is 58.6 Å². The second kappa shape index (κ2) is 12.8. The maximum absolute atomic E-state index is 13.8. The van der Waals surface area contributed by atoms with E-state index in [2.05, 4.69) is 5.32 Å². The predicted octanol–water partition coefficient (Wildman–Crippen LogP) is 1.23. The third-order valence-corrected chi connectivity index (χ3v) is 9.73. The van der Waals surface area contributed by atoms with Crippen LogP contribution in [0.2, 0.25) is 0 Å². The lowest BCUT2D eigenvalue weighted by atomic mass is 9.72. The van der Waals surface area contributed by atoms with Crippen molar-refractivity contribution in [3.05, 3.63) is 51.6 Å². The third kappa shape index (κ3) is 5.46. The van der Waals surface area contributed by atoms with Gasteiger partial charge in [0.15, 0.2) is 17.9 Å². The number of phenols is 2. The van der Waals surface area contributed by atoms with E-state index in [1.165, 1.54) is 25.3 Å². The molecule has 2 saturated heterocycles. The number of aliphatic hydroxyl groups excluding tert-OH is 1. The van der Waals surface area contributed by atoms with E-state index in [1.807, 2.05) is 0 Å². The minimum Gasteiger partial charge on any atom is -0.507 e. The zero-order valence-electron chi connectivity index (χ0n) is 26.6. The molecule has 14 nitrogen and oxygen atoms in total. The molecule has 6 rings (SSSR count). The van der Waals surface area contributed by atoms with Gasteiger partial charge in [0.1, 0.15) is 22.8 Å². The fourth-order valence-electron chi connectivity index (χ4n) is 7.19. The molecule has 2 aromatic carbocycles. The number of carbonyl (C=O) groups excluding carboxylic acids is 5. The second-order valence-electron chi connectivity index (χ2n) is 12.5. The molecule has 2 heterocycles. The highest BCUT2D eigenvalue weighted by molar-refractivity contribution is 6.31. The maximum Gasteiger partial charge on any atom is 0.246 e. The molecule has 258 valence electrons. The van der Waals surface area contributed by atoms with E-state index in [0.29, 0.717) is 0 Å². The van der Waals surface area contributed by atoms with E-state index in [1.54, 1.807) is 13.8 Å². The summed E-state index contributed by atoms with van der Waals surface area (Å²) in [6.07, 6.45) is -5.47. The van der Waals surface area contributed by atoms with Crippen molar-refractivity contribution >= 4 is 41.6 Å². The maximum atomic E-state index is 13.8. The van der Waals surface area contributed by atoms with Gasteiger partial charge in [-0.15, -0.1) is 12.4 Å². The van der Waals surface area contributed by atoms with Crippen molar-refractivity contribution in [2.45, 2.75) is 88.7 Å². The molecule has 2 aliphatic heterocycles. The molecule has 2 fully saturated rings. The van der Waals surface area contributed by atoms with Crippen LogP contribution in [0.15, 0.2) is 18.2 Å². The van der Waals surface area contributed by atoms with Gasteiger partial charge < -0.3 is 34.6 Å². The highest BCUT2D eigenvalue weighted by Crippen LogP contribution is 2.52. The van der Waals surface area contributed by atoms with Gasteiger partial charge in [-0.25, -0.2) is 0 Å². The fraction of sp³-hybridized carbons (Fsp3) is 0.485. The highest BCUT2D eigenvalue weighted by Gasteiger charge is 2.50. The van der Waals surface area contributed by atoms with E-state index in [9.17, 15) is 44.4 Å². The van der Waals surface area contributed by atoms with Gasteiger partial charge in [0.05, 0.1) is 54.6 Å². The van der Waals surface area contributed by atoms with Crippen LogP contribution >= 0.6 is 12.4 Å². The molecule has 0 radical (unpaired) electrons. The number of halogens is 1. The number of methoxy groups -OCH3 is 1. The van der Waals surface area contributed by atoms with Gasteiger partial charge in [-0.2, -0.15) is 0 Å². The van der Waals surface area contributed by atoms with E-state index < -0.39 is 101 Å². The number of nitrogens with one attached hydrogen (secondary N) is 1. The molecule has 2 amide bonds. The number of hydrogen-bond acceptors (Lipinski definition) is 13. The first-order valence-electron chi connectivity index (χ1n) is 15.4. The summed E-state index contributed by atoms with van der Waals surface area (Å²) in [5.74, 6) is -4.20. The number of ketones is 3. The van der Waals surface area contributed by atoms with Gasteiger partial charge in [0.25, 0.3) is 0 Å². The van der Waals surface area contributed by atoms with Crippen LogP contribution in [-0.2, 0) is 30.3 Å². The van der Waals surface area contributed by atoms with Gasteiger partial charge in [0, 0.05) is 48.5 Å². The normalized spacial score (nSPS) is 29.6. The number of likely N-dealkylation sites (tertiary alicyclic amines) is 1. The van der Waals surface area contributed by atoms with Gasteiger partial charge in [-0.05, 0) is 26.8 Å². The van der Waals surface area contributed by atoms with Crippen LogP contribution in [0, 0.1) is 0 Å². The lowest BCUT2D eigenvalue weighted by Crippen LogP contribution is -2.57. The largest absolute Gasteiger partial charge is 0.507 e. The van der Waals surface area contributed by atoms with Crippen LogP contribution in [0.25, 0.3) is 0 Å². The van der Waals surface area contributed by atoms with Gasteiger partial charge in [-0.3, -0.25) is 34.2 Å². The monoisotopic (exact) mass is 688 g/mol. The molecule has 15 heteroatoms. The first-order chi connectivity index (χ1) is 22.2. The van der Waals surface area contributed by atoms with Crippen LogP contribution in [0.4, 0.5) is 0 Å². The van der Waals surface area contributed by atoms with E-state index in [0.717, 1.165) is 11.8 Å². The molecular weight excluding hydrogens is 652 g/mol. The first-order valence-corrected chi connectivity index (χ1v) is 15.4. The standard InChI is InChI=1S/C33H36N2O12.ClH/c1-5-35-21(37)9-18(32(35)43)34-17-10-22(46-13(2)27(17)38)47-20-12-33(44,14(3)36)11-16-24(20)31(42)26-25(29(16)40)28(39)15-7-6-8-19(45-4)23(15)30(26)41;/h6-8,13,17-18,20,22,27,34,38,40,42,44H,5,9-12H2,1-4H3;1H/t13?,17?,18?,20?,22?,27?,33-;/m0./s1. The Bertz CT molecular complexity index is 1730. The summed E-state index contributed by atoms with van der Waals surface area (Å²) in [7, 11) is 1.32. The number of phenolic OH excluding ortho intramolecular Hbond substituents is 2. The van der Waals surface area contributed by atoms with E-state index in [-0.39, 0.29) is 65.7 Å². The molecule has 7 atom stereocenters. The summed E-state index contributed by atoms with van der Waals surface area (Å²) in [6, 6.07) is 2.72. The second-order valence-corrected chi connectivity index (χ2v) is 12.5. The summed E-state index contributed by atoms with van der Waals surface area (Å²) >= 11 is 0. The minimum absolute atomic E-state index is 0. The molecule has 0 saturated carbocycles. The summed E-state index contributed by atoms with van der Waals surface area (Å²) in [4.78, 5) is 66.4. The summed E-state index contributed by atoms with van der Waals surface area (Å²) in [5, 5.41) is 48.6. The van der Waals surface area contributed by atoms with Crippen molar-refractivity contribution in [1.29, 1.82) is 0 Å².